The Balaban J connectivity index is 2.40. The molecule has 0 aliphatic carbocycles. The van der Waals surface area contributed by atoms with Crippen molar-refractivity contribution in [3.05, 3.63) is 16.1 Å². The first-order valence-corrected chi connectivity index (χ1v) is 5.39. The molecule has 0 spiro atoms. The van der Waals surface area contributed by atoms with Crippen molar-refractivity contribution in [1.29, 1.82) is 0 Å². The van der Waals surface area contributed by atoms with Gasteiger partial charge in [-0.25, -0.2) is 4.98 Å². The Morgan fingerprint density at radius 3 is 2.80 bits per heavy atom. The van der Waals surface area contributed by atoms with E-state index in [0.29, 0.717) is 4.88 Å². The van der Waals surface area contributed by atoms with E-state index in [1.54, 1.807) is 12.4 Å². The molecule has 2 heterocycles. The Hall–Kier alpha value is -1.27. The van der Waals surface area contributed by atoms with Crippen LogP contribution in [0.2, 0.25) is 0 Å². The zero-order valence-electron chi connectivity index (χ0n) is 7.65. The summed E-state index contributed by atoms with van der Waals surface area (Å²) < 4.78 is 0. The molecule has 15 heavy (non-hydrogen) atoms. The van der Waals surface area contributed by atoms with E-state index in [2.05, 4.69) is 15.3 Å². The fourth-order valence-electron chi connectivity index (χ4n) is 1.12. The zero-order valence-corrected chi connectivity index (χ0v) is 9.22. The van der Waals surface area contributed by atoms with E-state index in [1.807, 2.05) is 0 Å². The van der Waals surface area contributed by atoms with E-state index in [-0.39, 0.29) is 5.84 Å². The molecule has 1 aliphatic rings. The highest BCUT2D eigenvalue weighted by molar-refractivity contribution is 7.12. The number of nitrogens with zero attached hydrogens (tertiary/aromatic N) is 2. The second kappa shape index (κ2) is 3.71. The SMILES string of the molecule is Cc1ncsc1C1=NC(=O)C(Cl)C(=O)N1. The normalized spacial score (nSPS) is 21.2. The maximum Gasteiger partial charge on any atom is 0.275 e. The molecule has 1 atom stereocenters. The number of aromatic nitrogens is 1. The molecule has 1 aromatic rings. The van der Waals surface area contributed by atoms with Crippen LogP contribution in [-0.2, 0) is 9.59 Å². The van der Waals surface area contributed by atoms with Gasteiger partial charge in [0.25, 0.3) is 11.8 Å². The number of thiazole rings is 1. The highest BCUT2D eigenvalue weighted by Crippen LogP contribution is 2.15. The molecule has 0 saturated carbocycles. The third kappa shape index (κ3) is 1.78. The second-order valence-electron chi connectivity index (χ2n) is 2.92. The van der Waals surface area contributed by atoms with Crippen LogP contribution in [0.25, 0.3) is 0 Å². The maximum atomic E-state index is 11.3. The van der Waals surface area contributed by atoms with Crippen LogP contribution in [-0.4, -0.2) is 28.0 Å². The summed E-state index contributed by atoms with van der Waals surface area (Å²) >= 11 is 6.81. The number of carbonyl (C=O) groups excluding carboxylic acids is 2. The maximum absolute atomic E-state index is 11.3. The van der Waals surface area contributed by atoms with Crippen molar-refractivity contribution in [2.75, 3.05) is 0 Å². The number of hydrogen-bond donors (Lipinski definition) is 1. The summed E-state index contributed by atoms with van der Waals surface area (Å²) in [5.41, 5.74) is 2.34. The van der Waals surface area contributed by atoms with Crippen LogP contribution in [0.1, 0.15) is 10.6 Å². The molecule has 78 valence electrons. The van der Waals surface area contributed by atoms with Crippen molar-refractivity contribution in [3.63, 3.8) is 0 Å². The number of aliphatic imine (C=N–C) groups is 1. The summed E-state index contributed by atoms with van der Waals surface area (Å²) in [5, 5.41) is 1.25. The average Bonchev–Trinajstić information content (AvgIpc) is 2.60. The molecule has 0 radical (unpaired) electrons. The predicted molar refractivity (Wildman–Crippen MR) is 56.2 cm³/mol. The van der Waals surface area contributed by atoms with Gasteiger partial charge in [0.05, 0.1) is 16.1 Å². The number of amides is 2. The van der Waals surface area contributed by atoms with Gasteiger partial charge < -0.3 is 5.32 Å². The van der Waals surface area contributed by atoms with Crippen LogP contribution in [0.5, 0.6) is 0 Å². The summed E-state index contributed by atoms with van der Waals surface area (Å²) in [6, 6.07) is 0. The molecule has 2 amide bonds. The highest BCUT2D eigenvalue weighted by atomic mass is 35.5. The van der Waals surface area contributed by atoms with Crippen molar-refractivity contribution in [2.45, 2.75) is 12.3 Å². The van der Waals surface area contributed by atoms with Crippen LogP contribution in [0.15, 0.2) is 10.5 Å². The second-order valence-corrected chi connectivity index (χ2v) is 4.21. The van der Waals surface area contributed by atoms with Crippen LogP contribution < -0.4 is 5.32 Å². The summed E-state index contributed by atoms with van der Waals surface area (Å²) in [4.78, 5) is 30.9. The summed E-state index contributed by atoms with van der Waals surface area (Å²) in [5.74, 6) is -0.940. The first-order valence-electron chi connectivity index (χ1n) is 4.07. The van der Waals surface area contributed by atoms with E-state index in [9.17, 15) is 9.59 Å². The number of aryl methyl sites for hydroxylation is 1. The lowest BCUT2D eigenvalue weighted by Crippen LogP contribution is -2.45. The summed E-state index contributed by atoms with van der Waals surface area (Å²) in [7, 11) is 0. The number of carbonyl (C=O) groups is 2. The molecule has 1 unspecified atom stereocenters. The lowest BCUT2D eigenvalue weighted by molar-refractivity contribution is -0.127. The molecular formula is C8H6ClN3O2S. The quantitative estimate of drug-likeness (QED) is 0.575. The largest absolute Gasteiger partial charge is 0.308 e. The molecule has 0 bridgehead atoms. The Morgan fingerprint density at radius 1 is 1.53 bits per heavy atom. The number of amidine groups is 1. The van der Waals surface area contributed by atoms with Crippen LogP contribution >= 0.6 is 22.9 Å². The Morgan fingerprint density at radius 2 is 2.27 bits per heavy atom. The zero-order chi connectivity index (χ0) is 11.0. The van der Waals surface area contributed by atoms with E-state index in [0.717, 1.165) is 5.69 Å². The minimum atomic E-state index is -1.22. The van der Waals surface area contributed by atoms with Crippen LogP contribution in [0, 0.1) is 6.92 Å². The number of nitrogens with one attached hydrogen (secondary N) is 1. The Labute approximate surface area is 94.2 Å². The lowest BCUT2D eigenvalue weighted by Gasteiger charge is -2.14. The van der Waals surface area contributed by atoms with Gasteiger partial charge in [-0.2, -0.15) is 4.99 Å². The molecule has 0 fully saturated rings. The van der Waals surface area contributed by atoms with Gasteiger partial charge >= 0.3 is 0 Å². The van der Waals surface area contributed by atoms with Crippen molar-refractivity contribution < 1.29 is 9.59 Å². The van der Waals surface area contributed by atoms with Crippen LogP contribution in [0.3, 0.4) is 0 Å². The van der Waals surface area contributed by atoms with E-state index < -0.39 is 17.2 Å². The first-order chi connectivity index (χ1) is 7.09. The Bertz CT molecular complexity index is 468. The van der Waals surface area contributed by atoms with Crippen LogP contribution in [0.4, 0.5) is 0 Å². The number of rotatable bonds is 1. The third-order valence-electron chi connectivity index (χ3n) is 1.87. The average molecular weight is 244 g/mol. The van der Waals surface area contributed by atoms with Crippen molar-refractivity contribution in [3.8, 4) is 0 Å². The minimum absolute atomic E-state index is 0.238. The van der Waals surface area contributed by atoms with Gasteiger partial charge in [-0.1, -0.05) is 0 Å². The van der Waals surface area contributed by atoms with Gasteiger partial charge in [0, 0.05) is 0 Å². The highest BCUT2D eigenvalue weighted by Gasteiger charge is 2.31. The Kier molecular flexibility index (Phi) is 2.54. The number of alkyl halides is 1. The summed E-state index contributed by atoms with van der Waals surface area (Å²) in [6.45, 7) is 1.78. The topological polar surface area (TPSA) is 71.4 Å². The lowest BCUT2D eigenvalue weighted by atomic mass is 10.3. The van der Waals surface area contributed by atoms with Crippen molar-refractivity contribution in [2.24, 2.45) is 4.99 Å². The standard InChI is InChI=1S/C8H6ClN3O2S/c1-3-5(15-2-10-3)6-11-7(13)4(9)8(14)12-6/h2,4H,1H3,(H,11,12,13,14). The molecule has 1 aromatic heterocycles. The molecule has 0 saturated heterocycles. The fraction of sp³-hybridized carbons (Fsp3) is 0.250. The van der Waals surface area contributed by atoms with E-state index in [4.69, 9.17) is 11.6 Å². The molecule has 2 rings (SSSR count). The molecule has 5 nitrogen and oxygen atoms in total. The molecule has 1 N–H and O–H groups in total. The molecular weight excluding hydrogens is 238 g/mol. The van der Waals surface area contributed by atoms with Gasteiger partial charge in [0.15, 0.2) is 11.2 Å². The van der Waals surface area contributed by atoms with Gasteiger partial charge in [0.1, 0.15) is 0 Å². The van der Waals surface area contributed by atoms with Gasteiger partial charge in [-0.15, -0.1) is 22.9 Å². The van der Waals surface area contributed by atoms with E-state index in [1.165, 1.54) is 11.3 Å². The monoisotopic (exact) mass is 243 g/mol. The number of hydrogen-bond acceptors (Lipinski definition) is 4. The number of halogens is 1. The molecule has 1 aliphatic heterocycles. The first kappa shape index (κ1) is 10.3. The fourth-order valence-corrected chi connectivity index (χ4v) is 1.97. The van der Waals surface area contributed by atoms with Gasteiger partial charge in [-0.05, 0) is 6.92 Å². The minimum Gasteiger partial charge on any atom is -0.308 e. The van der Waals surface area contributed by atoms with Gasteiger partial charge in [0.2, 0.25) is 0 Å². The summed E-state index contributed by atoms with van der Waals surface area (Å²) in [6.07, 6.45) is 0. The van der Waals surface area contributed by atoms with Crippen molar-refractivity contribution in [1.82, 2.24) is 10.3 Å². The predicted octanol–water partition coefficient (Wildman–Crippen LogP) is 0.462. The van der Waals surface area contributed by atoms with Gasteiger partial charge in [-0.3, -0.25) is 9.59 Å². The third-order valence-corrected chi connectivity index (χ3v) is 3.19. The molecule has 0 aromatic carbocycles. The van der Waals surface area contributed by atoms with Crippen molar-refractivity contribution >= 4 is 40.6 Å². The molecule has 7 heteroatoms. The van der Waals surface area contributed by atoms with E-state index >= 15 is 0 Å². The smallest absolute Gasteiger partial charge is 0.275 e.